The number of hydrogen-bond donors (Lipinski definition) is 3. The van der Waals surface area contributed by atoms with Crippen LogP contribution >= 0.6 is 0 Å². The summed E-state index contributed by atoms with van der Waals surface area (Å²) in [4.78, 5) is 11.7. The number of ether oxygens (including phenoxy) is 2. The van der Waals surface area contributed by atoms with Crippen molar-refractivity contribution < 1.29 is 19.4 Å². The van der Waals surface area contributed by atoms with Crippen LogP contribution in [0.5, 0.6) is 11.5 Å². The molecule has 0 aromatic heterocycles. The van der Waals surface area contributed by atoms with E-state index in [4.69, 9.17) is 9.47 Å². The Morgan fingerprint density at radius 3 is 2.84 bits per heavy atom. The van der Waals surface area contributed by atoms with E-state index < -0.39 is 12.0 Å². The molecule has 128 valence electrons. The van der Waals surface area contributed by atoms with Gasteiger partial charge in [-0.3, -0.25) is 10.1 Å². The Bertz CT molecular complexity index is 853. The van der Waals surface area contributed by atoms with Gasteiger partial charge in [0.1, 0.15) is 6.04 Å². The molecule has 0 aliphatic carbocycles. The molecule has 0 bridgehead atoms. The van der Waals surface area contributed by atoms with Crippen LogP contribution in [-0.4, -0.2) is 30.0 Å². The van der Waals surface area contributed by atoms with E-state index in [1.54, 1.807) is 0 Å². The van der Waals surface area contributed by atoms with Gasteiger partial charge < -0.3 is 19.9 Å². The lowest BCUT2D eigenvalue weighted by Gasteiger charge is -2.38. The number of carboxylic acid groups (broad SMARTS) is 1. The summed E-state index contributed by atoms with van der Waals surface area (Å²) >= 11 is 0. The number of nitrogens with one attached hydrogen (secondary N) is 2. The van der Waals surface area contributed by atoms with Gasteiger partial charge in [0.15, 0.2) is 11.5 Å². The Hall–Kier alpha value is -2.73. The van der Waals surface area contributed by atoms with Crippen molar-refractivity contribution >= 4 is 11.7 Å². The zero-order valence-electron chi connectivity index (χ0n) is 13.4. The molecule has 3 aliphatic heterocycles. The summed E-state index contributed by atoms with van der Waals surface area (Å²) in [5.41, 5.74) is 3.30. The smallest absolute Gasteiger partial charge is 0.320 e. The van der Waals surface area contributed by atoms with Gasteiger partial charge in [0, 0.05) is 11.6 Å². The summed E-state index contributed by atoms with van der Waals surface area (Å²) < 4.78 is 10.9. The molecule has 0 amide bonds. The molecule has 4 unspecified atom stereocenters. The zero-order valence-corrected chi connectivity index (χ0v) is 13.4. The lowest BCUT2D eigenvalue weighted by Crippen LogP contribution is -2.52. The molecule has 1 saturated heterocycles. The number of anilines is 1. The first-order valence-electron chi connectivity index (χ1n) is 8.44. The van der Waals surface area contributed by atoms with Crippen LogP contribution < -0.4 is 20.1 Å². The van der Waals surface area contributed by atoms with Crippen molar-refractivity contribution in [2.75, 3.05) is 12.1 Å². The van der Waals surface area contributed by atoms with Crippen molar-refractivity contribution in [3.05, 3.63) is 53.6 Å². The highest BCUT2D eigenvalue weighted by atomic mass is 16.7. The maximum Gasteiger partial charge on any atom is 0.320 e. The lowest BCUT2D eigenvalue weighted by molar-refractivity contribution is -0.140. The van der Waals surface area contributed by atoms with Gasteiger partial charge in [-0.15, -0.1) is 0 Å². The predicted octanol–water partition coefficient (Wildman–Crippen LogP) is 2.48. The van der Waals surface area contributed by atoms with Gasteiger partial charge in [-0.05, 0) is 35.7 Å². The second kappa shape index (κ2) is 5.39. The standard InChI is InChI=1S/C19H18N2O4/c22-19(23)14-8-12-11-3-1-2-4-13(11)20-18(12)17(21-14)10-5-6-15-16(7-10)25-9-24-15/h1-7,12,14,17-18,20-21H,8-9H2,(H,22,23). The van der Waals surface area contributed by atoms with Crippen molar-refractivity contribution in [2.45, 2.75) is 30.5 Å². The predicted molar refractivity (Wildman–Crippen MR) is 91.1 cm³/mol. The Morgan fingerprint density at radius 2 is 1.96 bits per heavy atom. The van der Waals surface area contributed by atoms with Crippen LogP contribution in [0.2, 0.25) is 0 Å². The molecule has 3 aliphatic rings. The Kier molecular flexibility index (Phi) is 3.15. The van der Waals surface area contributed by atoms with E-state index in [1.165, 1.54) is 5.56 Å². The van der Waals surface area contributed by atoms with Crippen molar-refractivity contribution in [3.63, 3.8) is 0 Å². The van der Waals surface area contributed by atoms with Crippen molar-refractivity contribution in [1.29, 1.82) is 0 Å². The molecule has 2 aromatic rings. The second-order valence-electron chi connectivity index (χ2n) is 6.75. The summed E-state index contributed by atoms with van der Waals surface area (Å²) in [6.07, 6.45) is 0.574. The van der Waals surface area contributed by atoms with E-state index in [9.17, 15) is 9.90 Å². The number of carbonyl (C=O) groups is 1. The first kappa shape index (κ1) is 14.6. The van der Waals surface area contributed by atoms with Crippen LogP contribution in [0.15, 0.2) is 42.5 Å². The highest BCUT2D eigenvalue weighted by Gasteiger charge is 2.45. The molecule has 4 atom stereocenters. The van der Waals surface area contributed by atoms with E-state index in [1.807, 2.05) is 30.3 Å². The molecule has 5 rings (SSSR count). The van der Waals surface area contributed by atoms with Gasteiger partial charge >= 0.3 is 5.97 Å². The Labute approximate surface area is 144 Å². The summed E-state index contributed by atoms with van der Waals surface area (Å²) in [5.74, 6) is 0.792. The first-order valence-corrected chi connectivity index (χ1v) is 8.44. The molecule has 6 heteroatoms. The highest BCUT2D eigenvalue weighted by molar-refractivity contribution is 5.75. The fourth-order valence-electron chi connectivity index (χ4n) is 4.24. The third-order valence-corrected chi connectivity index (χ3v) is 5.40. The van der Waals surface area contributed by atoms with Crippen LogP contribution in [0, 0.1) is 0 Å². The Morgan fingerprint density at radius 1 is 1.12 bits per heavy atom. The van der Waals surface area contributed by atoms with Gasteiger partial charge in [0.2, 0.25) is 6.79 Å². The Balaban J connectivity index is 1.55. The molecule has 2 aromatic carbocycles. The number of hydrogen-bond acceptors (Lipinski definition) is 5. The zero-order chi connectivity index (χ0) is 17.0. The summed E-state index contributed by atoms with van der Waals surface area (Å²) in [6, 6.07) is 13.4. The lowest BCUT2D eigenvalue weighted by atomic mass is 9.79. The number of piperidine rings is 1. The van der Waals surface area contributed by atoms with Crippen molar-refractivity contribution in [3.8, 4) is 11.5 Å². The van der Waals surface area contributed by atoms with Gasteiger partial charge in [-0.2, -0.15) is 0 Å². The van der Waals surface area contributed by atoms with Crippen molar-refractivity contribution in [2.24, 2.45) is 0 Å². The summed E-state index contributed by atoms with van der Waals surface area (Å²) in [7, 11) is 0. The average molecular weight is 338 g/mol. The maximum absolute atomic E-state index is 11.7. The first-order chi connectivity index (χ1) is 12.2. The average Bonchev–Trinajstić information content (AvgIpc) is 3.24. The minimum Gasteiger partial charge on any atom is -0.480 e. The molecule has 3 heterocycles. The van der Waals surface area contributed by atoms with E-state index >= 15 is 0 Å². The number of carboxylic acids is 1. The third-order valence-electron chi connectivity index (χ3n) is 5.40. The van der Waals surface area contributed by atoms with Crippen molar-refractivity contribution in [1.82, 2.24) is 5.32 Å². The van der Waals surface area contributed by atoms with Gasteiger partial charge in [-0.1, -0.05) is 24.3 Å². The maximum atomic E-state index is 11.7. The minimum absolute atomic E-state index is 0.105. The molecular weight excluding hydrogens is 320 g/mol. The van der Waals surface area contributed by atoms with Gasteiger partial charge in [0.05, 0.1) is 12.1 Å². The number of benzene rings is 2. The third kappa shape index (κ3) is 2.25. The normalized spacial score (nSPS) is 28.8. The molecule has 0 radical (unpaired) electrons. The fraction of sp³-hybridized carbons (Fsp3) is 0.316. The van der Waals surface area contributed by atoms with Crippen LogP contribution in [0.4, 0.5) is 5.69 Å². The van der Waals surface area contributed by atoms with Gasteiger partial charge in [0.25, 0.3) is 0 Å². The van der Waals surface area contributed by atoms with Gasteiger partial charge in [-0.25, -0.2) is 0 Å². The molecule has 0 saturated carbocycles. The minimum atomic E-state index is -0.812. The molecule has 1 fully saturated rings. The molecule has 0 spiro atoms. The second-order valence-corrected chi connectivity index (χ2v) is 6.75. The fourth-order valence-corrected chi connectivity index (χ4v) is 4.24. The largest absolute Gasteiger partial charge is 0.480 e. The molecule has 25 heavy (non-hydrogen) atoms. The van der Waals surface area contributed by atoms with E-state index in [2.05, 4.69) is 22.8 Å². The summed E-state index contributed by atoms with van der Waals surface area (Å²) in [5, 5.41) is 16.5. The number of para-hydroxylation sites is 1. The number of fused-ring (bicyclic) bond motifs is 4. The topological polar surface area (TPSA) is 79.8 Å². The molecule has 6 nitrogen and oxygen atoms in total. The van der Waals surface area contributed by atoms with E-state index in [-0.39, 0.29) is 24.8 Å². The van der Waals surface area contributed by atoms with Crippen LogP contribution in [0.25, 0.3) is 0 Å². The number of rotatable bonds is 2. The SMILES string of the molecule is O=C(O)C1CC2c3ccccc3NC2C(c2ccc3c(c2)OCO3)N1. The van der Waals surface area contributed by atoms with Crippen LogP contribution in [0.1, 0.15) is 29.5 Å². The monoisotopic (exact) mass is 338 g/mol. The van der Waals surface area contributed by atoms with Crippen LogP contribution in [0.3, 0.4) is 0 Å². The molecular formula is C19H18N2O4. The number of aliphatic carboxylic acids is 1. The quantitative estimate of drug-likeness (QED) is 0.781. The summed E-state index contributed by atoms with van der Waals surface area (Å²) in [6.45, 7) is 0.227. The van der Waals surface area contributed by atoms with E-state index in [0.717, 1.165) is 17.0 Å². The van der Waals surface area contributed by atoms with E-state index in [0.29, 0.717) is 12.2 Å². The van der Waals surface area contributed by atoms with Crippen LogP contribution in [-0.2, 0) is 4.79 Å². The molecule has 3 N–H and O–H groups in total. The highest BCUT2D eigenvalue weighted by Crippen LogP contribution is 2.47.